The Morgan fingerprint density at radius 3 is 2.50 bits per heavy atom. The minimum atomic E-state index is -0.0579. The van der Waals surface area contributed by atoms with Gasteiger partial charge < -0.3 is 0 Å². The quantitative estimate of drug-likeness (QED) is 0.399. The van der Waals surface area contributed by atoms with Crippen LogP contribution in [-0.4, -0.2) is 14.9 Å². The molecule has 0 radical (unpaired) electrons. The molecule has 1 atom stereocenters. The molecule has 1 rings (SSSR count). The molecule has 2 amide bonds. The third-order valence-electron chi connectivity index (χ3n) is 1.68. The first-order valence-corrected chi connectivity index (χ1v) is 4.16. The number of hydrogen-bond donors (Lipinski definition) is 0. The molecule has 1 aliphatic heterocycles. The lowest BCUT2D eigenvalue weighted by Gasteiger charge is -2.02. The van der Waals surface area contributed by atoms with E-state index in [0.717, 1.165) is 6.42 Å². The molecule has 1 aliphatic rings. The number of hydrogen-bond acceptors (Lipinski definition) is 2. The zero-order chi connectivity index (χ0) is 7.72. The number of nitrogens with zero attached hydrogens (tertiary/aromatic N) is 1. The molecular formula is C6H8INO2. The smallest absolute Gasteiger partial charge is 0.241 e. The Kier molecular flexibility index (Phi) is 2.28. The molecule has 1 saturated heterocycles. The summed E-state index contributed by atoms with van der Waals surface area (Å²) in [6, 6.07) is 0. The van der Waals surface area contributed by atoms with E-state index in [-0.39, 0.29) is 17.7 Å². The highest BCUT2D eigenvalue weighted by atomic mass is 127. The maximum atomic E-state index is 11.0. The Bertz CT molecular complexity index is 181. The molecule has 1 heterocycles. The second-order valence-corrected chi connectivity index (χ2v) is 3.29. The van der Waals surface area contributed by atoms with Crippen LogP contribution >= 0.6 is 22.9 Å². The molecule has 1 unspecified atom stereocenters. The van der Waals surface area contributed by atoms with Crippen LogP contribution in [0.2, 0.25) is 0 Å². The van der Waals surface area contributed by atoms with E-state index in [0.29, 0.717) is 6.42 Å². The summed E-state index contributed by atoms with van der Waals surface area (Å²) in [6.07, 6.45) is 1.17. The summed E-state index contributed by atoms with van der Waals surface area (Å²) in [5.74, 6) is -0.144. The van der Waals surface area contributed by atoms with Crippen molar-refractivity contribution in [3.63, 3.8) is 0 Å². The third-order valence-corrected chi connectivity index (χ3v) is 2.69. The van der Waals surface area contributed by atoms with Gasteiger partial charge in [0, 0.05) is 12.3 Å². The minimum absolute atomic E-state index is 0.0342. The van der Waals surface area contributed by atoms with E-state index >= 15 is 0 Å². The van der Waals surface area contributed by atoms with Crippen molar-refractivity contribution >= 4 is 34.7 Å². The molecule has 3 nitrogen and oxygen atoms in total. The third kappa shape index (κ3) is 1.16. The summed E-state index contributed by atoms with van der Waals surface area (Å²) >= 11 is 1.76. The van der Waals surface area contributed by atoms with E-state index in [1.165, 1.54) is 3.11 Å². The monoisotopic (exact) mass is 253 g/mol. The number of imide groups is 1. The Labute approximate surface area is 73.3 Å². The van der Waals surface area contributed by atoms with Crippen molar-refractivity contribution in [3.05, 3.63) is 0 Å². The van der Waals surface area contributed by atoms with Gasteiger partial charge in [-0.3, -0.25) is 9.59 Å². The van der Waals surface area contributed by atoms with Crippen molar-refractivity contribution in [2.75, 3.05) is 0 Å². The molecule has 56 valence electrons. The van der Waals surface area contributed by atoms with Gasteiger partial charge in [-0.1, -0.05) is 6.92 Å². The van der Waals surface area contributed by atoms with Crippen LogP contribution in [0.4, 0.5) is 0 Å². The lowest BCUT2D eigenvalue weighted by Crippen LogP contribution is -2.19. The van der Waals surface area contributed by atoms with Gasteiger partial charge in [0.2, 0.25) is 11.8 Å². The summed E-state index contributed by atoms with van der Waals surface area (Å²) in [5, 5.41) is 0. The lowest BCUT2D eigenvalue weighted by atomic mass is 10.1. The largest absolute Gasteiger partial charge is 0.274 e. The second kappa shape index (κ2) is 2.86. The van der Waals surface area contributed by atoms with Crippen molar-refractivity contribution in [2.24, 2.45) is 5.92 Å². The maximum absolute atomic E-state index is 11.0. The fourth-order valence-corrected chi connectivity index (χ4v) is 1.57. The van der Waals surface area contributed by atoms with Crippen LogP contribution < -0.4 is 0 Å². The summed E-state index contributed by atoms with van der Waals surface area (Å²) in [5.41, 5.74) is 0. The van der Waals surface area contributed by atoms with Crippen molar-refractivity contribution < 1.29 is 9.59 Å². The summed E-state index contributed by atoms with van der Waals surface area (Å²) in [6.45, 7) is 1.92. The summed E-state index contributed by atoms with van der Waals surface area (Å²) in [7, 11) is 0. The molecule has 4 heteroatoms. The molecule has 0 aromatic carbocycles. The van der Waals surface area contributed by atoms with Gasteiger partial charge in [0.25, 0.3) is 0 Å². The zero-order valence-electron chi connectivity index (χ0n) is 5.63. The van der Waals surface area contributed by atoms with Gasteiger partial charge in [-0.25, -0.2) is 3.11 Å². The number of amides is 2. The van der Waals surface area contributed by atoms with E-state index in [2.05, 4.69) is 0 Å². The Morgan fingerprint density at radius 2 is 2.30 bits per heavy atom. The van der Waals surface area contributed by atoms with E-state index < -0.39 is 0 Å². The van der Waals surface area contributed by atoms with Gasteiger partial charge in [-0.2, -0.15) is 0 Å². The molecule has 0 aromatic rings. The fraction of sp³-hybridized carbons (Fsp3) is 0.667. The Morgan fingerprint density at radius 1 is 1.70 bits per heavy atom. The van der Waals surface area contributed by atoms with E-state index in [4.69, 9.17) is 0 Å². The number of rotatable bonds is 1. The van der Waals surface area contributed by atoms with Gasteiger partial charge >= 0.3 is 0 Å². The predicted molar refractivity (Wildman–Crippen MR) is 44.3 cm³/mol. The summed E-state index contributed by atoms with van der Waals surface area (Å²) < 4.78 is 1.19. The lowest BCUT2D eigenvalue weighted by molar-refractivity contribution is -0.131. The van der Waals surface area contributed by atoms with Gasteiger partial charge in [-0.15, -0.1) is 0 Å². The second-order valence-electron chi connectivity index (χ2n) is 2.32. The molecule has 0 aromatic heterocycles. The van der Waals surface area contributed by atoms with Crippen LogP contribution in [-0.2, 0) is 9.59 Å². The Balaban J connectivity index is 2.71. The number of carbonyl (C=O) groups excluding carboxylic acids is 2. The standard InChI is InChI=1S/C6H8INO2/c1-2-4-3-5(9)8(7)6(4)10/h4H,2-3H2,1H3. The van der Waals surface area contributed by atoms with Gasteiger partial charge in [0.05, 0.1) is 22.9 Å². The van der Waals surface area contributed by atoms with Gasteiger partial charge in [-0.05, 0) is 6.42 Å². The highest BCUT2D eigenvalue weighted by molar-refractivity contribution is 14.1. The van der Waals surface area contributed by atoms with Gasteiger partial charge in [0.15, 0.2) is 0 Å². The van der Waals surface area contributed by atoms with Crippen molar-refractivity contribution in [1.82, 2.24) is 3.11 Å². The predicted octanol–water partition coefficient (Wildman–Crippen LogP) is 1.12. The molecule has 0 aliphatic carbocycles. The van der Waals surface area contributed by atoms with E-state index in [1.807, 2.05) is 6.92 Å². The normalized spacial score (nSPS) is 26.2. The van der Waals surface area contributed by atoms with E-state index in [9.17, 15) is 9.59 Å². The molecule has 0 spiro atoms. The average molecular weight is 253 g/mol. The minimum Gasteiger partial charge on any atom is -0.274 e. The first-order chi connectivity index (χ1) is 4.66. The summed E-state index contributed by atoms with van der Waals surface area (Å²) in [4.78, 5) is 21.9. The number of carbonyl (C=O) groups is 2. The highest BCUT2D eigenvalue weighted by Crippen LogP contribution is 2.24. The van der Waals surface area contributed by atoms with Gasteiger partial charge in [0.1, 0.15) is 0 Å². The highest BCUT2D eigenvalue weighted by Gasteiger charge is 2.35. The van der Waals surface area contributed by atoms with Crippen molar-refractivity contribution in [3.8, 4) is 0 Å². The van der Waals surface area contributed by atoms with Crippen LogP contribution in [0.25, 0.3) is 0 Å². The van der Waals surface area contributed by atoms with Crippen molar-refractivity contribution in [1.29, 1.82) is 0 Å². The van der Waals surface area contributed by atoms with E-state index in [1.54, 1.807) is 22.9 Å². The van der Waals surface area contributed by atoms with Crippen LogP contribution in [0.1, 0.15) is 19.8 Å². The number of halogens is 1. The molecule has 0 bridgehead atoms. The van der Waals surface area contributed by atoms with Crippen LogP contribution in [0, 0.1) is 5.92 Å². The maximum Gasteiger partial charge on any atom is 0.241 e. The molecular weight excluding hydrogens is 245 g/mol. The molecule has 1 fully saturated rings. The first-order valence-electron chi connectivity index (χ1n) is 3.19. The fourth-order valence-electron chi connectivity index (χ4n) is 0.980. The molecule has 10 heavy (non-hydrogen) atoms. The van der Waals surface area contributed by atoms with Crippen LogP contribution in [0.5, 0.6) is 0 Å². The first kappa shape index (κ1) is 7.97. The SMILES string of the molecule is CCC1CC(=O)N(I)C1=O. The van der Waals surface area contributed by atoms with Crippen LogP contribution in [0.15, 0.2) is 0 Å². The van der Waals surface area contributed by atoms with Crippen molar-refractivity contribution in [2.45, 2.75) is 19.8 Å². The molecule has 0 N–H and O–H groups in total. The zero-order valence-corrected chi connectivity index (χ0v) is 7.79. The molecule has 0 saturated carbocycles. The Hall–Kier alpha value is -0.130. The topological polar surface area (TPSA) is 37.4 Å². The van der Waals surface area contributed by atoms with Crippen LogP contribution in [0.3, 0.4) is 0 Å². The average Bonchev–Trinajstić information content (AvgIpc) is 2.17.